The molecule has 0 saturated heterocycles. The normalized spacial score (nSPS) is 22.1. The number of aliphatic hydroxyl groups excluding tert-OH is 1. The molecule has 1 aliphatic carbocycles. The maximum absolute atomic E-state index is 12.2. The highest BCUT2D eigenvalue weighted by molar-refractivity contribution is 6.04. The highest BCUT2D eigenvalue weighted by Crippen LogP contribution is 2.35. The summed E-state index contributed by atoms with van der Waals surface area (Å²) in [6.07, 6.45) is 3.46. The van der Waals surface area contributed by atoms with Gasteiger partial charge in [-0.15, -0.1) is 0 Å². The molecular weight excluding hydrogens is 232 g/mol. The molecule has 1 aliphatic rings. The molecule has 0 unspecified atom stereocenters. The maximum Gasteiger partial charge on any atom is 0.198 e. The van der Waals surface area contributed by atoms with Crippen molar-refractivity contribution in [2.24, 2.45) is 0 Å². The van der Waals surface area contributed by atoms with Crippen LogP contribution in [0, 0.1) is 6.92 Å². The first-order valence-corrected chi connectivity index (χ1v) is 5.96. The minimum atomic E-state index is -0.790. The molecule has 2 rings (SSSR count). The van der Waals surface area contributed by atoms with Crippen molar-refractivity contribution in [3.8, 4) is 0 Å². The Labute approximate surface area is 105 Å². The van der Waals surface area contributed by atoms with Crippen LogP contribution >= 0.6 is 0 Å². The van der Waals surface area contributed by atoms with E-state index >= 15 is 0 Å². The number of allylic oxidation sites excluding steroid dienone is 1. The molecule has 0 bridgehead atoms. The Morgan fingerprint density at radius 2 is 2.00 bits per heavy atom. The van der Waals surface area contributed by atoms with Crippen LogP contribution in [0.3, 0.4) is 0 Å². The number of rotatable bonds is 2. The van der Waals surface area contributed by atoms with E-state index in [1.54, 1.807) is 13.8 Å². The summed E-state index contributed by atoms with van der Waals surface area (Å²) in [6.45, 7) is 4.94. The molecule has 1 atom stereocenters. The molecule has 0 aliphatic heterocycles. The molecule has 0 aromatic carbocycles. The van der Waals surface area contributed by atoms with Crippen molar-refractivity contribution in [1.82, 2.24) is 0 Å². The first kappa shape index (κ1) is 12.8. The van der Waals surface area contributed by atoms with Crippen LogP contribution in [0.5, 0.6) is 0 Å². The van der Waals surface area contributed by atoms with Gasteiger partial charge in [0, 0.05) is 0 Å². The third-order valence-electron chi connectivity index (χ3n) is 3.76. The fraction of sp³-hybridized carbons (Fsp3) is 0.429. The van der Waals surface area contributed by atoms with Crippen molar-refractivity contribution in [3.63, 3.8) is 0 Å². The number of carbonyl (C=O) groups is 1. The van der Waals surface area contributed by atoms with Gasteiger partial charge < -0.3 is 9.52 Å². The Bertz CT molecular complexity index is 595. The summed E-state index contributed by atoms with van der Waals surface area (Å²) in [5, 5.41) is 9.19. The molecular formula is C14H16O4. The van der Waals surface area contributed by atoms with Gasteiger partial charge in [-0.05, 0) is 32.4 Å². The highest BCUT2D eigenvalue weighted by atomic mass is 16.3. The largest absolute Gasteiger partial charge is 0.464 e. The van der Waals surface area contributed by atoms with E-state index in [0.29, 0.717) is 23.5 Å². The Hall–Kier alpha value is -1.68. The second-order valence-corrected chi connectivity index (χ2v) is 4.75. The number of hydrogen-bond acceptors (Lipinski definition) is 4. The average molecular weight is 248 g/mol. The van der Waals surface area contributed by atoms with Crippen molar-refractivity contribution in [2.75, 3.05) is 0 Å². The smallest absolute Gasteiger partial charge is 0.198 e. The molecule has 4 nitrogen and oxygen atoms in total. The summed E-state index contributed by atoms with van der Waals surface area (Å²) in [5.74, 6) is 0.734. The third kappa shape index (κ3) is 1.56. The standard InChI is InChI=1S/C14H16O4/c1-4-14(3)11(16)6-5-9-12(17)10(7-15)8(2)18-13(9)14/h5-6,15H,4,7H2,1-3H3/t14-/m0/s1. The number of aryl methyl sites for hydroxylation is 1. The van der Waals surface area contributed by atoms with Crippen LogP contribution in [0.2, 0.25) is 0 Å². The van der Waals surface area contributed by atoms with Crippen LogP contribution in [0.1, 0.15) is 42.9 Å². The van der Waals surface area contributed by atoms with E-state index in [1.165, 1.54) is 12.2 Å². The van der Waals surface area contributed by atoms with Gasteiger partial charge in [0.05, 0.1) is 23.1 Å². The molecule has 96 valence electrons. The zero-order valence-corrected chi connectivity index (χ0v) is 10.7. The lowest BCUT2D eigenvalue weighted by molar-refractivity contribution is -0.120. The van der Waals surface area contributed by atoms with Gasteiger partial charge in [0.25, 0.3) is 0 Å². The van der Waals surface area contributed by atoms with Crippen molar-refractivity contribution >= 4 is 11.9 Å². The maximum atomic E-state index is 12.2. The summed E-state index contributed by atoms with van der Waals surface area (Å²) in [4.78, 5) is 24.2. The van der Waals surface area contributed by atoms with E-state index in [1.807, 2.05) is 6.92 Å². The molecule has 1 heterocycles. The summed E-state index contributed by atoms with van der Waals surface area (Å²) >= 11 is 0. The van der Waals surface area contributed by atoms with Crippen LogP contribution < -0.4 is 5.43 Å². The molecule has 0 fully saturated rings. The van der Waals surface area contributed by atoms with E-state index in [-0.39, 0.29) is 23.4 Å². The summed E-state index contributed by atoms with van der Waals surface area (Å²) in [5.41, 5.74) is -0.401. The average Bonchev–Trinajstić information content (AvgIpc) is 2.35. The lowest BCUT2D eigenvalue weighted by Crippen LogP contribution is -2.36. The summed E-state index contributed by atoms with van der Waals surface area (Å²) in [7, 11) is 0. The SMILES string of the molecule is CC[C@@]1(C)C(=O)C=Cc2c1oc(C)c(CO)c2=O. The topological polar surface area (TPSA) is 67.5 Å². The number of ketones is 1. The van der Waals surface area contributed by atoms with E-state index in [0.717, 1.165) is 0 Å². The van der Waals surface area contributed by atoms with Crippen LogP contribution in [0.25, 0.3) is 6.08 Å². The molecule has 0 amide bonds. The summed E-state index contributed by atoms with van der Waals surface area (Å²) < 4.78 is 5.65. The first-order chi connectivity index (χ1) is 8.45. The van der Waals surface area contributed by atoms with Gasteiger partial charge in [-0.3, -0.25) is 9.59 Å². The van der Waals surface area contributed by atoms with Gasteiger partial charge in [-0.2, -0.15) is 0 Å². The van der Waals surface area contributed by atoms with Crippen LogP contribution in [-0.2, 0) is 16.8 Å². The zero-order valence-electron chi connectivity index (χ0n) is 10.7. The predicted octanol–water partition coefficient (Wildman–Crippen LogP) is 1.70. The molecule has 4 heteroatoms. The van der Waals surface area contributed by atoms with Crippen molar-refractivity contribution in [2.45, 2.75) is 39.2 Å². The Balaban J connectivity index is 2.82. The van der Waals surface area contributed by atoms with Gasteiger partial charge in [0.1, 0.15) is 11.5 Å². The quantitative estimate of drug-likeness (QED) is 0.865. The van der Waals surface area contributed by atoms with E-state index < -0.39 is 5.41 Å². The second-order valence-electron chi connectivity index (χ2n) is 4.75. The Kier molecular flexibility index (Phi) is 2.99. The first-order valence-electron chi connectivity index (χ1n) is 5.96. The predicted molar refractivity (Wildman–Crippen MR) is 67.3 cm³/mol. The number of aliphatic hydroxyl groups is 1. The zero-order chi connectivity index (χ0) is 13.5. The molecule has 0 spiro atoms. The van der Waals surface area contributed by atoms with Crippen LogP contribution in [0.4, 0.5) is 0 Å². The van der Waals surface area contributed by atoms with Gasteiger partial charge in [-0.1, -0.05) is 6.92 Å². The number of fused-ring (bicyclic) bond motifs is 1. The molecule has 18 heavy (non-hydrogen) atoms. The van der Waals surface area contributed by atoms with E-state index in [2.05, 4.69) is 0 Å². The fourth-order valence-corrected chi connectivity index (χ4v) is 2.23. The fourth-order valence-electron chi connectivity index (χ4n) is 2.23. The lowest BCUT2D eigenvalue weighted by atomic mass is 9.75. The van der Waals surface area contributed by atoms with Crippen molar-refractivity contribution in [3.05, 3.63) is 38.9 Å². The molecule has 1 aromatic heterocycles. The summed E-state index contributed by atoms with van der Waals surface area (Å²) in [6, 6.07) is 0. The minimum Gasteiger partial charge on any atom is -0.464 e. The van der Waals surface area contributed by atoms with Crippen LogP contribution in [-0.4, -0.2) is 10.9 Å². The van der Waals surface area contributed by atoms with Gasteiger partial charge in [-0.25, -0.2) is 0 Å². The highest BCUT2D eigenvalue weighted by Gasteiger charge is 2.40. The van der Waals surface area contributed by atoms with Gasteiger partial charge >= 0.3 is 0 Å². The molecule has 0 radical (unpaired) electrons. The minimum absolute atomic E-state index is 0.0585. The van der Waals surface area contributed by atoms with Crippen molar-refractivity contribution in [1.29, 1.82) is 0 Å². The molecule has 1 N–H and O–H groups in total. The third-order valence-corrected chi connectivity index (χ3v) is 3.76. The Morgan fingerprint density at radius 1 is 1.33 bits per heavy atom. The number of hydrogen-bond donors (Lipinski definition) is 1. The van der Waals surface area contributed by atoms with Gasteiger partial charge in [0.15, 0.2) is 11.2 Å². The van der Waals surface area contributed by atoms with Crippen LogP contribution in [0.15, 0.2) is 15.3 Å². The second kappa shape index (κ2) is 4.21. The van der Waals surface area contributed by atoms with E-state index in [4.69, 9.17) is 4.42 Å². The monoisotopic (exact) mass is 248 g/mol. The van der Waals surface area contributed by atoms with Gasteiger partial charge in [0.2, 0.25) is 0 Å². The molecule has 0 saturated carbocycles. The molecule has 1 aromatic rings. The lowest BCUT2D eigenvalue weighted by Gasteiger charge is -2.28. The number of carbonyl (C=O) groups excluding carboxylic acids is 1. The van der Waals surface area contributed by atoms with E-state index in [9.17, 15) is 14.7 Å². The van der Waals surface area contributed by atoms with Crippen molar-refractivity contribution < 1.29 is 14.3 Å². The Morgan fingerprint density at radius 3 is 2.56 bits per heavy atom.